The highest BCUT2D eigenvalue weighted by Crippen LogP contribution is 2.21. The Hall–Kier alpha value is -0.830. The van der Waals surface area contributed by atoms with Gasteiger partial charge in [-0.1, -0.05) is 0 Å². The summed E-state index contributed by atoms with van der Waals surface area (Å²) in [6, 6.07) is 0. The normalized spacial score (nSPS) is 23.8. The van der Waals surface area contributed by atoms with E-state index in [9.17, 15) is 4.79 Å². The van der Waals surface area contributed by atoms with Gasteiger partial charge in [0.1, 0.15) is 0 Å². The molecule has 0 amide bonds. The Morgan fingerprint density at radius 2 is 2.23 bits per heavy atom. The van der Waals surface area contributed by atoms with E-state index in [1.165, 1.54) is 0 Å². The molecule has 2 rings (SSSR count). The molecule has 0 saturated carbocycles. The van der Waals surface area contributed by atoms with Crippen LogP contribution in [0.4, 0.5) is 0 Å². The van der Waals surface area contributed by atoms with Gasteiger partial charge in [-0.3, -0.25) is 4.79 Å². The van der Waals surface area contributed by atoms with Crippen LogP contribution in [0.2, 0.25) is 0 Å². The summed E-state index contributed by atoms with van der Waals surface area (Å²) in [7, 11) is 0. The average molecular weight is 181 g/mol. The molecular formula is C10H15NO2. The van der Waals surface area contributed by atoms with Crippen LogP contribution in [0.25, 0.3) is 0 Å². The third-order valence-corrected chi connectivity index (χ3v) is 2.74. The van der Waals surface area contributed by atoms with Crippen molar-refractivity contribution < 1.29 is 9.53 Å². The van der Waals surface area contributed by atoms with Gasteiger partial charge in [-0.2, -0.15) is 0 Å². The average Bonchev–Trinajstić information content (AvgIpc) is 2.71. The van der Waals surface area contributed by atoms with Crippen LogP contribution in [0.3, 0.4) is 0 Å². The van der Waals surface area contributed by atoms with Crippen LogP contribution in [-0.2, 0) is 9.53 Å². The second kappa shape index (κ2) is 3.92. The summed E-state index contributed by atoms with van der Waals surface area (Å²) in [6.07, 6.45) is 4.42. The molecule has 3 nitrogen and oxygen atoms in total. The van der Waals surface area contributed by atoms with Crippen LogP contribution >= 0.6 is 0 Å². The molecule has 0 aliphatic carbocycles. The Balaban J connectivity index is 1.94. The van der Waals surface area contributed by atoms with Gasteiger partial charge in [-0.15, -0.1) is 0 Å². The lowest BCUT2D eigenvalue weighted by Crippen LogP contribution is -2.32. The van der Waals surface area contributed by atoms with Crippen LogP contribution in [-0.4, -0.2) is 25.5 Å². The molecule has 1 saturated heterocycles. The van der Waals surface area contributed by atoms with Crippen molar-refractivity contribution in [2.24, 2.45) is 5.92 Å². The van der Waals surface area contributed by atoms with Gasteiger partial charge < -0.3 is 10.1 Å². The van der Waals surface area contributed by atoms with Crippen molar-refractivity contribution >= 4 is 5.78 Å². The summed E-state index contributed by atoms with van der Waals surface area (Å²) in [4.78, 5) is 11.8. The Morgan fingerprint density at radius 3 is 2.85 bits per heavy atom. The van der Waals surface area contributed by atoms with Gasteiger partial charge in [-0.05, 0) is 25.9 Å². The number of ketones is 1. The summed E-state index contributed by atoms with van der Waals surface area (Å²) in [5.41, 5.74) is 0.895. The van der Waals surface area contributed by atoms with Gasteiger partial charge in [0.05, 0.1) is 12.9 Å². The van der Waals surface area contributed by atoms with Gasteiger partial charge in [0.15, 0.2) is 5.78 Å². The number of carbonyl (C=O) groups excluding carboxylic acids is 1. The van der Waals surface area contributed by atoms with Crippen LogP contribution in [0.1, 0.15) is 19.3 Å². The Labute approximate surface area is 78.1 Å². The minimum absolute atomic E-state index is 0.245. The van der Waals surface area contributed by atoms with E-state index in [0.717, 1.165) is 37.9 Å². The standard InChI is InChI=1S/C10H15NO2/c12-10(9-3-6-13-7-9)8-1-4-11-5-2-8/h7-8,11H,1-6H2. The van der Waals surface area contributed by atoms with Crippen molar-refractivity contribution in [3.05, 3.63) is 11.8 Å². The summed E-state index contributed by atoms with van der Waals surface area (Å²) in [5.74, 6) is 0.563. The highest BCUT2D eigenvalue weighted by molar-refractivity contribution is 5.97. The Bertz CT molecular complexity index is 229. The smallest absolute Gasteiger partial charge is 0.165 e. The molecule has 2 heterocycles. The van der Waals surface area contributed by atoms with Crippen LogP contribution in [0, 0.1) is 5.92 Å². The second-order valence-electron chi connectivity index (χ2n) is 3.65. The zero-order valence-electron chi connectivity index (χ0n) is 7.71. The number of hydrogen-bond acceptors (Lipinski definition) is 3. The number of ether oxygens (including phenoxy) is 1. The molecule has 72 valence electrons. The molecule has 0 aromatic carbocycles. The third kappa shape index (κ3) is 1.91. The van der Waals surface area contributed by atoms with Crippen LogP contribution in [0.5, 0.6) is 0 Å². The van der Waals surface area contributed by atoms with Gasteiger partial charge in [0, 0.05) is 17.9 Å². The first-order valence-electron chi connectivity index (χ1n) is 4.93. The molecule has 0 radical (unpaired) electrons. The summed E-state index contributed by atoms with van der Waals surface area (Å²) in [6.45, 7) is 2.64. The minimum Gasteiger partial charge on any atom is -0.500 e. The summed E-state index contributed by atoms with van der Waals surface area (Å²) < 4.78 is 5.07. The first-order chi connectivity index (χ1) is 6.38. The second-order valence-corrected chi connectivity index (χ2v) is 3.65. The zero-order chi connectivity index (χ0) is 9.10. The third-order valence-electron chi connectivity index (χ3n) is 2.74. The van der Waals surface area contributed by atoms with E-state index in [4.69, 9.17) is 4.74 Å². The van der Waals surface area contributed by atoms with Crippen molar-refractivity contribution in [1.82, 2.24) is 5.32 Å². The summed E-state index contributed by atoms with van der Waals surface area (Å²) >= 11 is 0. The molecule has 13 heavy (non-hydrogen) atoms. The molecule has 3 heteroatoms. The number of rotatable bonds is 2. The SMILES string of the molecule is O=C(C1=COCC1)C1CCNCC1. The topological polar surface area (TPSA) is 38.3 Å². The molecule has 0 spiro atoms. The monoisotopic (exact) mass is 181 g/mol. The quantitative estimate of drug-likeness (QED) is 0.686. The summed E-state index contributed by atoms with van der Waals surface area (Å²) in [5, 5.41) is 3.26. The highest BCUT2D eigenvalue weighted by atomic mass is 16.5. The molecule has 0 bridgehead atoms. The molecule has 2 aliphatic heterocycles. The van der Waals surface area contributed by atoms with E-state index in [2.05, 4.69) is 5.32 Å². The fourth-order valence-electron chi connectivity index (χ4n) is 1.91. The highest BCUT2D eigenvalue weighted by Gasteiger charge is 2.25. The lowest BCUT2D eigenvalue weighted by atomic mass is 9.89. The van der Waals surface area contributed by atoms with Crippen molar-refractivity contribution in [2.75, 3.05) is 19.7 Å². The number of piperidine rings is 1. The van der Waals surface area contributed by atoms with E-state index in [1.54, 1.807) is 6.26 Å². The van der Waals surface area contributed by atoms with Crippen molar-refractivity contribution in [3.8, 4) is 0 Å². The van der Waals surface area contributed by atoms with Crippen molar-refractivity contribution in [3.63, 3.8) is 0 Å². The van der Waals surface area contributed by atoms with Gasteiger partial charge in [0.2, 0.25) is 0 Å². The molecule has 0 unspecified atom stereocenters. The number of nitrogens with one attached hydrogen (secondary N) is 1. The lowest BCUT2D eigenvalue weighted by Gasteiger charge is -2.21. The number of Topliss-reactive ketones (excluding diaryl/α,β-unsaturated/α-hetero) is 1. The molecular weight excluding hydrogens is 166 g/mol. The predicted octanol–water partition coefficient (Wildman–Crippen LogP) is 0.859. The maximum absolute atomic E-state index is 11.8. The molecule has 0 aromatic heterocycles. The largest absolute Gasteiger partial charge is 0.500 e. The minimum atomic E-state index is 0.245. The van der Waals surface area contributed by atoms with Gasteiger partial charge >= 0.3 is 0 Å². The maximum atomic E-state index is 11.8. The van der Waals surface area contributed by atoms with Gasteiger partial charge in [-0.25, -0.2) is 0 Å². The van der Waals surface area contributed by atoms with E-state index in [1.807, 2.05) is 0 Å². The molecule has 2 aliphatic rings. The molecule has 1 fully saturated rings. The first kappa shape index (κ1) is 8.75. The first-order valence-corrected chi connectivity index (χ1v) is 4.93. The van der Waals surface area contributed by atoms with E-state index < -0.39 is 0 Å². The van der Waals surface area contributed by atoms with E-state index in [0.29, 0.717) is 12.4 Å². The lowest BCUT2D eigenvalue weighted by molar-refractivity contribution is -0.120. The fraction of sp³-hybridized carbons (Fsp3) is 0.700. The zero-order valence-corrected chi connectivity index (χ0v) is 7.71. The van der Waals surface area contributed by atoms with E-state index in [-0.39, 0.29) is 5.92 Å². The Morgan fingerprint density at radius 1 is 1.46 bits per heavy atom. The van der Waals surface area contributed by atoms with Crippen LogP contribution in [0.15, 0.2) is 11.8 Å². The molecule has 1 N–H and O–H groups in total. The van der Waals surface area contributed by atoms with Crippen molar-refractivity contribution in [2.45, 2.75) is 19.3 Å². The predicted molar refractivity (Wildman–Crippen MR) is 49.3 cm³/mol. The maximum Gasteiger partial charge on any atom is 0.165 e. The number of hydrogen-bond donors (Lipinski definition) is 1. The number of carbonyl (C=O) groups is 1. The molecule has 0 aromatic rings. The van der Waals surface area contributed by atoms with Crippen LogP contribution < -0.4 is 5.32 Å². The fourth-order valence-corrected chi connectivity index (χ4v) is 1.91. The van der Waals surface area contributed by atoms with E-state index >= 15 is 0 Å². The van der Waals surface area contributed by atoms with Crippen molar-refractivity contribution in [1.29, 1.82) is 0 Å². The molecule has 0 atom stereocenters. The Kier molecular flexibility index (Phi) is 2.64. The van der Waals surface area contributed by atoms with Gasteiger partial charge in [0.25, 0.3) is 0 Å².